The van der Waals surface area contributed by atoms with Crippen LogP contribution in [0.4, 0.5) is 0 Å². The first-order valence-corrected chi connectivity index (χ1v) is 10.9. The minimum Gasteiger partial charge on any atom is -0.370 e. The molecule has 0 saturated heterocycles. The molecular formula is C27H29NO5. The van der Waals surface area contributed by atoms with Crippen molar-refractivity contribution in [2.24, 2.45) is 5.73 Å². The number of carbonyl (C=O) groups is 2. The Morgan fingerprint density at radius 3 is 1.61 bits per heavy atom. The Morgan fingerprint density at radius 1 is 0.667 bits per heavy atom. The van der Waals surface area contributed by atoms with Gasteiger partial charge >= 0.3 is 0 Å². The predicted molar refractivity (Wildman–Crippen MR) is 125 cm³/mol. The summed E-state index contributed by atoms with van der Waals surface area (Å²) in [6, 6.07) is 28.6. The van der Waals surface area contributed by atoms with Gasteiger partial charge in [-0.2, -0.15) is 0 Å². The fourth-order valence-electron chi connectivity index (χ4n) is 3.32. The van der Waals surface area contributed by atoms with Crippen LogP contribution in [0.1, 0.15) is 23.1 Å². The maximum atomic E-state index is 13.1. The Labute approximate surface area is 194 Å². The molecule has 0 aliphatic rings. The SMILES string of the molecule is NC(=O)C[C@@H](OCc1ccccc1)[C@@H](OCc1ccccc1)C(=O)COCc1ccccc1. The van der Waals surface area contributed by atoms with Crippen LogP contribution in [0.5, 0.6) is 0 Å². The van der Waals surface area contributed by atoms with Crippen LogP contribution in [0.2, 0.25) is 0 Å². The van der Waals surface area contributed by atoms with Crippen molar-refractivity contribution in [2.75, 3.05) is 6.61 Å². The number of amides is 1. The second-order valence-corrected chi connectivity index (χ2v) is 7.67. The number of Topliss-reactive ketones (excluding diaryl/α,β-unsaturated/α-hetero) is 1. The Hall–Kier alpha value is -3.32. The lowest BCUT2D eigenvalue weighted by Crippen LogP contribution is -2.42. The molecule has 0 aliphatic carbocycles. The molecule has 0 aromatic heterocycles. The number of benzene rings is 3. The number of rotatable bonds is 14. The third-order valence-electron chi connectivity index (χ3n) is 4.99. The topological polar surface area (TPSA) is 87.9 Å². The van der Waals surface area contributed by atoms with Crippen LogP contribution in [0, 0.1) is 0 Å². The maximum absolute atomic E-state index is 13.1. The number of nitrogens with two attached hydrogens (primary N) is 1. The molecule has 0 fully saturated rings. The van der Waals surface area contributed by atoms with Gasteiger partial charge in [0, 0.05) is 0 Å². The molecule has 6 nitrogen and oxygen atoms in total. The van der Waals surface area contributed by atoms with Gasteiger partial charge in [0.25, 0.3) is 0 Å². The first-order chi connectivity index (χ1) is 16.1. The van der Waals surface area contributed by atoms with Gasteiger partial charge in [-0.25, -0.2) is 0 Å². The molecule has 0 spiro atoms. The molecule has 3 rings (SSSR count). The van der Waals surface area contributed by atoms with Crippen LogP contribution in [-0.4, -0.2) is 30.5 Å². The zero-order chi connectivity index (χ0) is 23.3. The summed E-state index contributed by atoms with van der Waals surface area (Å²) in [4.78, 5) is 24.9. The van der Waals surface area contributed by atoms with E-state index in [2.05, 4.69) is 0 Å². The quantitative estimate of drug-likeness (QED) is 0.406. The Morgan fingerprint density at radius 2 is 1.12 bits per heavy atom. The number of ketones is 1. The monoisotopic (exact) mass is 447 g/mol. The molecule has 172 valence electrons. The molecular weight excluding hydrogens is 418 g/mol. The van der Waals surface area contributed by atoms with E-state index in [0.29, 0.717) is 6.61 Å². The first-order valence-electron chi connectivity index (χ1n) is 10.9. The van der Waals surface area contributed by atoms with E-state index < -0.39 is 18.1 Å². The Bertz CT molecular complexity index is 979. The third-order valence-corrected chi connectivity index (χ3v) is 4.99. The van der Waals surface area contributed by atoms with Gasteiger partial charge in [-0.15, -0.1) is 0 Å². The van der Waals surface area contributed by atoms with Crippen LogP contribution in [0.25, 0.3) is 0 Å². The minimum atomic E-state index is -1.00. The molecule has 0 radical (unpaired) electrons. The zero-order valence-corrected chi connectivity index (χ0v) is 18.5. The summed E-state index contributed by atoms with van der Waals surface area (Å²) in [7, 11) is 0. The van der Waals surface area contributed by atoms with E-state index in [9.17, 15) is 9.59 Å². The summed E-state index contributed by atoms with van der Waals surface area (Å²) in [6.07, 6.45) is -1.98. The largest absolute Gasteiger partial charge is 0.370 e. The molecule has 3 aromatic rings. The van der Waals surface area contributed by atoms with Gasteiger partial charge in [0.15, 0.2) is 5.78 Å². The van der Waals surface area contributed by atoms with E-state index in [1.54, 1.807) is 0 Å². The molecule has 6 heteroatoms. The van der Waals surface area contributed by atoms with Gasteiger partial charge in [0.1, 0.15) is 18.8 Å². The van der Waals surface area contributed by atoms with Crippen molar-refractivity contribution in [3.63, 3.8) is 0 Å². The molecule has 0 aliphatic heterocycles. The number of hydrogen-bond donors (Lipinski definition) is 1. The lowest BCUT2D eigenvalue weighted by atomic mass is 10.1. The minimum absolute atomic E-state index is 0.142. The fourth-order valence-corrected chi connectivity index (χ4v) is 3.32. The van der Waals surface area contributed by atoms with Crippen molar-refractivity contribution in [1.29, 1.82) is 0 Å². The van der Waals surface area contributed by atoms with Crippen molar-refractivity contribution >= 4 is 11.7 Å². The Kier molecular flexibility index (Phi) is 9.79. The fraction of sp³-hybridized carbons (Fsp3) is 0.259. The molecule has 0 unspecified atom stereocenters. The average molecular weight is 448 g/mol. The highest BCUT2D eigenvalue weighted by atomic mass is 16.5. The van der Waals surface area contributed by atoms with Crippen molar-refractivity contribution in [3.05, 3.63) is 108 Å². The van der Waals surface area contributed by atoms with E-state index in [0.717, 1.165) is 16.7 Å². The molecule has 1 amide bonds. The number of primary amides is 1. The highest BCUT2D eigenvalue weighted by Crippen LogP contribution is 2.16. The van der Waals surface area contributed by atoms with Gasteiger partial charge < -0.3 is 19.9 Å². The second-order valence-electron chi connectivity index (χ2n) is 7.67. The molecule has 0 heterocycles. The molecule has 0 bridgehead atoms. The van der Waals surface area contributed by atoms with Crippen molar-refractivity contribution in [2.45, 2.75) is 38.4 Å². The van der Waals surface area contributed by atoms with Gasteiger partial charge in [-0.1, -0.05) is 91.0 Å². The van der Waals surface area contributed by atoms with Gasteiger partial charge in [-0.05, 0) is 16.7 Å². The van der Waals surface area contributed by atoms with Crippen LogP contribution in [0.15, 0.2) is 91.0 Å². The molecule has 33 heavy (non-hydrogen) atoms. The molecule has 0 saturated carbocycles. The maximum Gasteiger partial charge on any atom is 0.220 e. The summed E-state index contributed by atoms with van der Waals surface area (Å²) < 4.78 is 17.6. The second kappa shape index (κ2) is 13.3. The summed E-state index contributed by atoms with van der Waals surface area (Å²) in [6.45, 7) is 0.545. The van der Waals surface area contributed by atoms with Crippen molar-refractivity contribution in [1.82, 2.24) is 0 Å². The van der Waals surface area contributed by atoms with Gasteiger partial charge in [0.05, 0.1) is 26.2 Å². The van der Waals surface area contributed by atoms with E-state index >= 15 is 0 Å². The van der Waals surface area contributed by atoms with Crippen LogP contribution in [-0.2, 0) is 43.6 Å². The molecule has 2 atom stereocenters. The molecule has 3 aromatic carbocycles. The lowest BCUT2D eigenvalue weighted by Gasteiger charge is -2.26. The van der Waals surface area contributed by atoms with Crippen LogP contribution in [0.3, 0.4) is 0 Å². The lowest BCUT2D eigenvalue weighted by molar-refractivity contribution is -0.152. The van der Waals surface area contributed by atoms with Crippen LogP contribution >= 0.6 is 0 Å². The van der Waals surface area contributed by atoms with E-state index in [1.807, 2.05) is 91.0 Å². The third kappa shape index (κ3) is 8.61. The van der Waals surface area contributed by atoms with Gasteiger partial charge in [0.2, 0.25) is 5.91 Å². The summed E-state index contributed by atoms with van der Waals surface area (Å²) in [5.74, 6) is -0.874. The normalized spacial score (nSPS) is 12.7. The number of hydrogen-bond acceptors (Lipinski definition) is 5. The molecule has 2 N–H and O–H groups in total. The van der Waals surface area contributed by atoms with Crippen molar-refractivity contribution in [3.8, 4) is 0 Å². The predicted octanol–water partition coefficient (Wildman–Crippen LogP) is 3.82. The smallest absolute Gasteiger partial charge is 0.220 e. The van der Waals surface area contributed by atoms with Crippen molar-refractivity contribution < 1.29 is 23.8 Å². The highest BCUT2D eigenvalue weighted by molar-refractivity contribution is 5.86. The number of ether oxygens (including phenoxy) is 3. The summed E-state index contributed by atoms with van der Waals surface area (Å²) in [5, 5.41) is 0. The van der Waals surface area contributed by atoms with E-state index in [4.69, 9.17) is 19.9 Å². The first kappa shape index (κ1) is 24.3. The highest BCUT2D eigenvalue weighted by Gasteiger charge is 2.31. The number of carbonyl (C=O) groups excluding carboxylic acids is 2. The van der Waals surface area contributed by atoms with E-state index in [-0.39, 0.29) is 32.0 Å². The summed E-state index contributed by atoms with van der Waals surface area (Å²) >= 11 is 0. The average Bonchev–Trinajstić information content (AvgIpc) is 2.84. The zero-order valence-electron chi connectivity index (χ0n) is 18.5. The van der Waals surface area contributed by atoms with Crippen LogP contribution < -0.4 is 5.73 Å². The summed E-state index contributed by atoms with van der Waals surface area (Å²) in [5.41, 5.74) is 8.25. The Balaban J connectivity index is 1.69. The van der Waals surface area contributed by atoms with Gasteiger partial charge in [-0.3, -0.25) is 9.59 Å². The van der Waals surface area contributed by atoms with E-state index in [1.165, 1.54) is 0 Å². The standard InChI is InChI=1S/C27H29NO5/c28-26(30)16-25(32-18-22-12-6-2-7-13-22)27(33-19-23-14-8-3-9-15-23)24(29)20-31-17-21-10-4-1-5-11-21/h1-15,25,27H,16-20H2,(H2,28,30)/t25-,27+/m1/s1.